The molecule has 3 fully saturated rings. The summed E-state index contributed by atoms with van der Waals surface area (Å²) in [6.45, 7) is 8.55. The summed E-state index contributed by atoms with van der Waals surface area (Å²) in [6, 6.07) is 10.8. The summed E-state index contributed by atoms with van der Waals surface area (Å²) in [5.74, 6) is -2.11. The first-order chi connectivity index (χ1) is 30.3. The number of carbonyl (C=O) groups excluding carboxylic acids is 4. The largest absolute Gasteiger partial charge is 0.496 e. The maximum absolute atomic E-state index is 15.3. The number of H-pyrrole nitrogens is 1. The van der Waals surface area contributed by atoms with Gasteiger partial charge in [-0.2, -0.15) is 8.42 Å². The first kappa shape index (κ1) is 45.7. The topological polar surface area (TPSA) is 226 Å². The van der Waals surface area contributed by atoms with E-state index < -0.39 is 68.2 Å². The van der Waals surface area contributed by atoms with Crippen LogP contribution in [0.4, 0.5) is 5.69 Å². The molecule has 346 valence electrons. The zero-order valence-corrected chi connectivity index (χ0v) is 38.1. The third-order valence-corrected chi connectivity index (χ3v) is 15.5. The van der Waals surface area contributed by atoms with Gasteiger partial charge in [-0.05, 0) is 61.9 Å². The first-order valence-electron chi connectivity index (χ1n) is 21.8. The molecular weight excluding hydrogens is 849 g/mol. The number of esters is 3. The number of nitrogens with zero attached hydrogens (tertiary/aromatic N) is 3. The van der Waals surface area contributed by atoms with Gasteiger partial charge >= 0.3 is 28.3 Å². The Hall–Kier alpha value is -4.85. The van der Waals surface area contributed by atoms with Crippen molar-refractivity contribution in [2.75, 3.05) is 66.0 Å². The lowest BCUT2D eigenvalue weighted by atomic mass is 9.47. The highest BCUT2D eigenvalue weighted by molar-refractivity contribution is 7.79. The third-order valence-electron chi connectivity index (χ3n) is 15.5. The number of methoxy groups -OCH3 is 3. The maximum Gasteiger partial charge on any atom is 0.394 e. The van der Waals surface area contributed by atoms with Crippen LogP contribution in [0.1, 0.15) is 68.8 Å². The Morgan fingerprint density at radius 1 is 0.969 bits per heavy atom. The molecule has 1 spiro atoms. The molecule has 0 amide bonds. The first-order valence-corrected chi connectivity index (χ1v) is 23.2. The number of piperidine rings is 1. The number of aromatic nitrogens is 1. The van der Waals surface area contributed by atoms with Crippen molar-refractivity contribution in [2.45, 2.75) is 87.5 Å². The van der Waals surface area contributed by atoms with Crippen LogP contribution < -0.4 is 9.64 Å². The van der Waals surface area contributed by atoms with Gasteiger partial charge in [0.25, 0.3) is 0 Å². The molecule has 1 aromatic heterocycles. The van der Waals surface area contributed by atoms with E-state index in [9.17, 15) is 19.5 Å². The molecule has 1 saturated carbocycles. The minimum Gasteiger partial charge on any atom is -0.496 e. The number of para-hydroxylation sites is 1. The Morgan fingerprint density at radius 2 is 1.67 bits per heavy atom. The Balaban J connectivity index is 0.00000106. The molecule has 1 aliphatic carbocycles. The lowest BCUT2D eigenvalue weighted by molar-refractivity contribution is -0.228. The molecule has 9 rings (SSSR count). The van der Waals surface area contributed by atoms with E-state index in [-0.39, 0.29) is 24.2 Å². The van der Waals surface area contributed by atoms with Crippen LogP contribution >= 0.6 is 0 Å². The summed E-state index contributed by atoms with van der Waals surface area (Å²) in [6.07, 6.45) is 5.29. The number of anilines is 1. The minimum atomic E-state index is -4.67. The van der Waals surface area contributed by atoms with Crippen molar-refractivity contribution in [3.63, 3.8) is 0 Å². The van der Waals surface area contributed by atoms with Gasteiger partial charge in [0, 0.05) is 103 Å². The van der Waals surface area contributed by atoms with Crippen molar-refractivity contribution >= 4 is 50.7 Å². The van der Waals surface area contributed by atoms with Crippen LogP contribution in [0.5, 0.6) is 5.75 Å². The standard InChI is InChI=1S/C46H56N4O9.H2O4S/c1-8-27-24-49-19-15-30-29-13-10-11-14-33(29)47-37(30)45(41(53)57-6,23-28(25-49)36(27)52)32-21-31-34(22-35(32)56-5)48(4)39-44(31)17-20-50-18-12-16-43(9-2,38(44)50)40(59-26(3)51)46(39,55)42(54)58-7;1-5(2,3)4/h10-14,16,21-22,27-28,38-40,47,55H,8-9,15,17-20,23-25H2,1-7H3;(H2,1,2,3,4)/t27-,28-,38+,39-,40-,43-,44-,45+,46+;/m1./s1. The smallest absolute Gasteiger partial charge is 0.394 e. The minimum absolute atomic E-state index is 0.143. The van der Waals surface area contributed by atoms with Crippen molar-refractivity contribution in [3.05, 3.63) is 70.9 Å². The number of fused-ring (bicyclic) bond motifs is 6. The molecule has 6 aliphatic rings. The fourth-order valence-corrected chi connectivity index (χ4v) is 13.3. The second-order valence-electron chi connectivity index (χ2n) is 18.2. The summed E-state index contributed by atoms with van der Waals surface area (Å²) in [4.78, 5) is 67.6. The van der Waals surface area contributed by atoms with Crippen molar-refractivity contribution in [1.82, 2.24) is 14.8 Å². The number of nitrogens with one attached hydrogen (secondary N) is 1. The van der Waals surface area contributed by atoms with Crippen LogP contribution in [-0.2, 0) is 61.0 Å². The quantitative estimate of drug-likeness (QED) is 0.115. The molecule has 2 bridgehead atoms. The molecule has 64 heavy (non-hydrogen) atoms. The number of Topliss-reactive ketones (excluding diaryl/α,β-unsaturated/α-hetero) is 1. The fourth-order valence-electron chi connectivity index (χ4n) is 13.3. The lowest BCUT2D eigenvalue weighted by Gasteiger charge is -2.63. The predicted molar refractivity (Wildman–Crippen MR) is 234 cm³/mol. The second kappa shape index (κ2) is 16.2. The summed E-state index contributed by atoms with van der Waals surface area (Å²) in [5.41, 5.74) is -1.13. The number of aromatic amines is 1. The predicted octanol–water partition coefficient (Wildman–Crippen LogP) is 3.40. The van der Waals surface area contributed by atoms with Crippen LogP contribution in [0.25, 0.3) is 10.9 Å². The van der Waals surface area contributed by atoms with Crippen LogP contribution in [0, 0.1) is 17.3 Å². The number of benzene rings is 2. The van der Waals surface area contributed by atoms with Crippen LogP contribution in [0.2, 0.25) is 0 Å². The Kier molecular flexibility index (Phi) is 11.6. The number of likely N-dealkylation sites (N-methyl/N-ethyl adjacent to an activating group) is 1. The molecule has 10 atom stereocenters. The number of hydrogen-bond donors (Lipinski definition) is 4. The number of ether oxygens (including phenoxy) is 4. The van der Waals surface area contributed by atoms with Crippen LogP contribution in [0.15, 0.2) is 48.6 Å². The zero-order chi connectivity index (χ0) is 46.3. The monoisotopic (exact) mass is 906 g/mol. The van der Waals surface area contributed by atoms with E-state index in [4.69, 9.17) is 36.5 Å². The van der Waals surface area contributed by atoms with Gasteiger partial charge in [-0.15, -0.1) is 0 Å². The summed E-state index contributed by atoms with van der Waals surface area (Å²) < 4.78 is 55.4. The average molecular weight is 907 g/mol. The molecule has 2 saturated heterocycles. The Labute approximate surface area is 372 Å². The van der Waals surface area contributed by atoms with Gasteiger partial charge in [-0.25, -0.2) is 4.79 Å². The number of rotatable bonds is 7. The maximum atomic E-state index is 15.3. The molecule has 4 N–H and O–H groups in total. The van der Waals surface area contributed by atoms with Gasteiger partial charge in [0.05, 0.1) is 27.4 Å². The molecule has 1 unspecified atom stereocenters. The lowest BCUT2D eigenvalue weighted by Crippen LogP contribution is -2.81. The number of hydrogen-bond acceptors (Lipinski definition) is 14. The Morgan fingerprint density at radius 3 is 2.31 bits per heavy atom. The molecule has 0 radical (unpaired) electrons. The highest BCUT2D eigenvalue weighted by Crippen LogP contribution is 2.68. The van der Waals surface area contributed by atoms with Gasteiger partial charge in [0.2, 0.25) is 5.60 Å². The van der Waals surface area contributed by atoms with E-state index in [1.54, 1.807) is 7.11 Å². The van der Waals surface area contributed by atoms with E-state index in [0.717, 1.165) is 28.6 Å². The molecule has 5 aliphatic heterocycles. The fraction of sp³-hybridized carbons (Fsp3) is 0.565. The normalized spacial score (nSPS) is 33.8. The highest BCUT2D eigenvalue weighted by atomic mass is 32.3. The average Bonchev–Trinajstić information content (AvgIpc) is 3.93. The summed E-state index contributed by atoms with van der Waals surface area (Å²) in [5, 5.41) is 14.3. The van der Waals surface area contributed by atoms with Crippen molar-refractivity contribution in [1.29, 1.82) is 0 Å². The van der Waals surface area contributed by atoms with E-state index in [1.165, 1.54) is 21.1 Å². The van der Waals surface area contributed by atoms with E-state index in [1.807, 2.05) is 55.3 Å². The van der Waals surface area contributed by atoms with Gasteiger partial charge in [-0.1, -0.05) is 44.2 Å². The third kappa shape index (κ3) is 6.53. The summed E-state index contributed by atoms with van der Waals surface area (Å²) >= 11 is 0. The SMILES string of the molecule is CC[C@@H]1CN2CCc3c([nH]c4ccccc34)[C@@](C(=O)OC)(c3cc4c(cc3OC)N(C)[C@H]3[C@@](O)(C(=O)OC)[C@H](OC(C)=O)[C@]5(CC)C=CCN6CC[C@]43[C@@H]65)C[C@H](C2)C1=O.O=S(=O)(O)O. The van der Waals surface area contributed by atoms with Gasteiger partial charge in [-0.3, -0.25) is 28.4 Å². The molecular formula is C46H58N4O13S. The Bertz CT molecular complexity index is 2540. The highest BCUT2D eigenvalue weighted by Gasteiger charge is 2.80. The molecule has 2 aromatic carbocycles. The molecule has 18 heteroatoms. The number of carbonyl (C=O) groups is 4. The second-order valence-corrected chi connectivity index (χ2v) is 19.1. The van der Waals surface area contributed by atoms with Crippen molar-refractivity contribution < 1.29 is 60.8 Å². The number of ketones is 1. The number of aliphatic hydroxyl groups is 1. The van der Waals surface area contributed by atoms with Gasteiger partial charge < -0.3 is 38.8 Å². The van der Waals surface area contributed by atoms with E-state index in [2.05, 4.69) is 33.8 Å². The molecule has 17 nitrogen and oxygen atoms in total. The zero-order valence-electron chi connectivity index (χ0n) is 37.3. The molecule has 3 aromatic rings. The van der Waals surface area contributed by atoms with Crippen LogP contribution in [-0.4, -0.2) is 146 Å². The van der Waals surface area contributed by atoms with Crippen LogP contribution in [0.3, 0.4) is 0 Å². The molecule has 6 heterocycles. The van der Waals surface area contributed by atoms with E-state index in [0.29, 0.717) is 74.6 Å². The van der Waals surface area contributed by atoms with Crippen molar-refractivity contribution in [2.24, 2.45) is 17.3 Å². The van der Waals surface area contributed by atoms with E-state index >= 15 is 4.79 Å². The van der Waals surface area contributed by atoms with Gasteiger partial charge in [0.15, 0.2) is 6.10 Å². The van der Waals surface area contributed by atoms with Gasteiger partial charge in [0.1, 0.15) is 16.9 Å². The van der Waals surface area contributed by atoms with Crippen molar-refractivity contribution in [3.8, 4) is 5.75 Å². The summed E-state index contributed by atoms with van der Waals surface area (Å²) in [7, 11) is 1.40.